The smallest absolute Gasteiger partial charge is 0.283 e. The van der Waals surface area contributed by atoms with E-state index in [1.165, 1.54) is 24.6 Å². The average Bonchev–Trinajstić information content (AvgIpc) is 2.41. The van der Waals surface area contributed by atoms with Crippen LogP contribution in [0.15, 0.2) is 18.2 Å². The fraction of sp³-hybridized carbons (Fsp3) is 0.500. The largest absolute Gasteiger partial charge is 0.349 e. The SMILES string of the molecule is C[C@H]1CCCC[C@@H]1NC(=O)c1ccc(Cl)cc1[N+](=O)[O-]. The lowest BCUT2D eigenvalue weighted by molar-refractivity contribution is -0.385. The van der Waals surface area contributed by atoms with Crippen LogP contribution in [0.25, 0.3) is 0 Å². The Bertz CT molecular complexity index is 533. The number of hydrogen-bond donors (Lipinski definition) is 1. The zero-order valence-corrected chi connectivity index (χ0v) is 12.0. The Labute approximate surface area is 122 Å². The molecule has 0 saturated heterocycles. The van der Waals surface area contributed by atoms with Gasteiger partial charge in [-0.05, 0) is 30.9 Å². The highest BCUT2D eigenvalue weighted by Crippen LogP contribution is 2.26. The minimum absolute atomic E-state index is 0.0668. The van der Waals surface area contributed by atoms with Gasteiger partial charge >= 0.3 is 0 Å². The molecular formula is C14H17ClN2O3. The van der Waals surface area contributed by atoms with E-state index in [9.17, 15) is 14.9 Å². The van der Waals surface area contributed by atoms with Crippen LogP contribution in [-0.4, -0.2) is 16.9 Å². The number of nitrogens with one attached hydrogen (secondary N) is 1. The third kappa shape index (κ3) is 3.28. The highest BCUT2D eigenvalue weighted by molar-refractivity contribution is 6.31. The number of halogens is 1. The van der Waals surface area contributed by atoms with Crippen molar-refractivity contribution in [3.63, 3.8) is 0 Å². The lowest BCUT2D eigenvalue weighted by Gasteiger charge is -2.29. The minimum atomic E-state index is -0.578. The molecule has 0 bridgehead atoms. The van der Waals surface area contributed by atoms with Crippen molar-refractivity contribution in [2.45, 2.75) is 38.6 Å². The molecule has 1 amide bonds. The van der Waals surface area contributed by atoms with Crippen LogP contribution >= 0.6 is 11.6 Å². The third-order valence-corrected chi connectivity index (χ3v) is 4.06. The second-order valence-corrected chi connectivity index (χ2v) is 5.70. The molecule has 0 radical (unpaired) electrons. The van der Waals surface area contributed by atoms with E-state index in [0.29, 0.717) is 5.92 Å². The zero-order valence-electron chi connectivity index (χ0n) is 11.3. The first-order chi connectivity index (χ1) is 9.49. The van der Waals surface area contributed by atoms with Crippen LogP contribution in [0.3, 0.4) is 0 Å². The number of carbonyl (C=O) groups is 1. The van der Waals surface area contributed by atoms with E-state index in [-0.39, 0.29) is 22.3 Å². The topological polar surface area (TPSA) is 72.2 Å². The van der Waals surface area contributed by atoms with E-state index < -0.39 is 10.8 Å². The molecule has 108 valence electrons. The van der Waals surface area contributed by atoms with E-state index in [1.807, 2.05) is 0 Å². The van der Waals surface area contributed by atoms with Gasteiger partial charge in [0.05, 0.1) is 4.92 Å². The van der Waals surface area contributed by atoms with E-state index in [0.717, 1.165) is 19.3 Å². The van der Waals surface area contributed by atoms with Crippen molar-refractivity contribution < 1.29 is 9.72 Å². The lowest BCUT2D eigenvalue weighted by Crippen LogP contribution is -2.41. The standard InChI is InChI=1S/C14H17ClN2O3/c1-9-4-2-3-5-12(9)16-14(18)11-7-6-10(15)8-13(11)17(19)20/h6-9,12H,2-5H2,1H3,(H,16,18)/t9-,12-/m0/s1. The summed E-state index contributed by atoms with van der Waals surface area (Å²) in [6.45, 7) is 2.10. The number of amides is 1. The molecule has 1 aliphatic rings. The Balaban J connectivity index is 2.18. The summed E-state index contributed by atoms with van der Waals surface area (Å²) in [7, 11) is 0. The minimum Gasteiger partial charge on any atom is -0.349 e. The predicted octanol–water partition coefficient (Wildman–Crippen LogP) is 3.56. The van der Waals surface area contributed by atoms with E-state index in [1.54, 1.807) is 0 Å². The normalized spacial score (nSPS) is 22.3. The molecule has 1 aromatic rings. The van der Waals surface area contributed by atoms with Crippen LogP contribution in [0.1, 0.15) is 43.0 Å². The molecule has 0 aliphatic heterocycles. The van der Waals surface area contributed by atoms with Crippen LogP contribution < -0.4 is 5.32 Å². The summed E-state index contributed by atoms with van der Waals surface area (Å²) < 4.78 is 0. The van der Waals surface area contributed by atoms with Gasteiger partial charge in [0.2, 0.25) is 0 Å². The van der Waals surface area contributed by atoms with Gasteiger partial charge in [0.15, 0.2) is 0 Å². The van der Waals surface area contributed by atoms with Crippen LogP contribution in [0.2, 0.25) is 5.02 Å². The van der Waals surface area contributed by atoms with E-state index in [2.05, 4.69) is 12.2 Å². The molecule has 2 atom stereocenters. The van der Waals surface area contributed by atoms with Gasteiger partial charge in [-0.2, -0.15) is 0 Å². The average molecular weight is 297 g/mol. The zero-order chi connectivity index (χ0) is 14.7. The maximum absolute atomic E-state index is 12.2. The van der Waals surface area contributed by atoms with Crippen molar-refractivity contribution in [1.29, 1.82) is 0 Å². The maximum atomic E-state index is 12.2. The Kier molecular flexibility index (Phi) is 4.60. The first-order valence-electron chi connectivity index (χ1n) is 6.74. The molecule has 1 N–H and O–H groups in total. The summed E-state index contributed by atoms with van der Waals surface area (Å²) in [6.07, 6.45) is 4.26. The van der Waals surface area contributed by atoms with Crippen molar-refractivity contribution in [2.24, 2.45) is 5.92 Å². The number of nitro benzene ring substituents is 1. The predicted molar refractivity (Wildman–Crippen MR) is 77.0 cm³/mol. The highest BCUT2D eigenvalue weighted by atomic mass is 35.5. The van der Waals surface area contributed by atoms with E-state index in [4.69, 9.17) is 11.6 Å². The number of carbonyl (C=O) groups excluding carboxylic acids is 1. The van der Waals surface area contributed by atoms with Crippen molar-refractivity contribution in [2.75, 3.05) is 0 Å². The van der Waals surface area contributed by atoms with Gasteiger partial charge in [0, 0.05) is 17.1 Å². The molecule has 1 aliphatic carbocycles. The summed E-state index contributed by atoms with van der Waals surface area (Å²) in [6, 6.07) is 4.20. The van der Waals surface area contributed by atoms with Crippen LogP contribution in [0, 0.1) is 16.0 Å². The Morgan fingerprint density at radius 2 is 2.10 bits per heavy atom. The second-order valence-electron chi connectivity index (χ2n) is 5.26. The van der Waals surface area contributed by atoms with Crippen molar-refractivity contribution in [3.05, 3.63) is 38.9 Å². The molecule has 1 saturated carbocycles. The first-order valence-corrected chi connectivity index (χ1v) is 7.11. The first kappa shape index (κ1) is 14.8. The van der Waals surface area contributed by atoms with Crippen LogP contribution in [0.5, 0.6) is 0 Å². The molecule has 6 heteroatoms. The number of benzene rings is 1. The quantitative estimate of drug-likeness (QED) is 0.684. The summed E-state index contributed by atoms with van der Waals surface area (Å²) >= 11 is 5.74. The molecule has 20 heavy (non-hydrogen) atoms. The molecule has 2 rings (SSSR count). The van der Waals surface area contributed by atoms with Gasteiger partial charge in [0.1, 0.15) is 5.56 Å². The Morgan fingerprint density at radius 3 is 2.75 bits per heavy atom. The van der Waals surface area contributed by atoms with Gasteiger partial charge in [0.25, 0.3) is 11.6 Å². The molecule has 0 unspecified atom stereocenters. The number of nitro groups is 1. The van der Waals surface area contributed by atoms with Crippen molar-refractivity contribution >= 4 is 23.2 Å². The number of nitrogens with zero attached hydrogens (tertiary/aromatic N) is 1. The third-order valence-electron chi connectivity index (χ3n) is 3.83. The molecule has 0 heterocycles. The van der Waals surface area contributed by atoms with E-state index >= 15 is 0 Å². The van der Waals surface area contributed by atoms with Gasteiger partial charge in [-0.3, -0.25) is 14.9 Å². The van der Waals surface area contributed by atoms with Crippen molar-refractivity contribution in [1.82, 2.24) is 5.32 Å². The summed E-state index contributed by atoms with van der Waals surface area (Å²) in [5.74, 6) is 0.00572. The fourth-order valence-corrected chi connectivity index (χ4v) is 2.79. The van der Waals surface area contributed by atoms with Gasteiger partial charge < -0.3 is 5.32 Å². The molecule has 0 spiro atoms. The molecule has 1 aromatic carbocycles. The number of hydrogen-bond acceptors (Lipinski definition) is 3. The van der Waals surface area contributed by atoms with Gasteiger partial charge in [-0.1, -0.05) is 31.4 Å². The summed E-state index contributed by atoms with van der Waals surface area (Å²) in [5.41, 5.74) is -0.185. The molecule has 5 nitrogen and oxygen atoms in total. The maximum Gasteiger partial charge on any atom is 0.283 e. The highest BCUT2D eigenvalue weighted by Gasteiger charge is 2.26. The second kappa shape index (κ2) is 6.22. The number of rotatable bonds is 3. The van der Waals surface area contributed by atoms with Crippen molar-refractivity contribution in [3.8, 4) is 0 Å². The lowest BCUT2D eigenvalue weighted by atomic mass is 9.86. The Morgan fingerprint density at radius 1 is 1.40 bits per heavy atom. The van der Waals surface area contributed by atoms with Gasteiger partial charge in [-0.15, -0.1) is 0 Å². The monoisotopic (exact) mass is 296 g/mol. The Hall–Kier alpha value is -1.62. The van der Waals surface area contributed by atoms with Crippen LogP contribution in [0.4, 0.5) is 5.69 Å². The molecule has 0 aromatic heterocycles. The fourth-order valence-electron chi connectivity index (χ4n) is 2.62. The van der Waals surface area contributed by atoms with Crippen LogP contribution in [-0.2, 0) is 0 Å². The molecular weight excluding hydrogens is 280 g/mol. The molecule has 1 fully saturated rings. The van der Waals surface area contributed by atoms with Gasteiger partial charge in [-0.25, -0.2) is 0 Å². The summed E-state index contributed by atoms with van der Waals surface area (Å²) in [5, 5.41) is 14.2. The summed E-state index contributed by atoms with van der Waals surface area (Å²) in [4.78, 5) is 22.7.